The number of nitrogens with zero attached hydrogens (tertiary/aromatic N) is 1. The van der Waals surface area contributed by atoms with Crippen LogP contribution in [0.15, 0.2) is 47.3 Å². The molecule has 0 saturated heterocycles. The Morgan fingerprint density at radius 1 is 1.27 bits per heavy atom. The number of aromatic nitrogens is 1. The fourth-order valence-electron chi connectivity index (χ4n) is 1.60. The van der Waals surface area contributed by atoms with Crippen LogP contribution in [0.25, 0.3) is 0 Å². The summed E-state index contributed by atoms with van der Waals surface area (Å²) in [7, 11) is 0. The van der Waals surface area contributed by atoms with E-state index in [1.165, 1.54) is 23.5 Å². The van der Waals surface area contributed by atoms with Gasteiger partial charge in [-0.2, -0.15) is 0 Å². The largest absolute Gasteiger partial charge is 0.327 e. The van der Waals surface area contributed by atoms with Crippen LogP contribution in [0, 0.1) is 6.92 Å². The van der Waals surface area contributed by atoms with Gasteiger partial charge in [-0.1, -0.05) is 53.5 Å². The molecular weight excluding hydrogens is 417 g/mol. The van der Waals surface area contributed by atoms with Crippen molar-refractivity contribution in [1.29, 1.82) is 0 Å². The second-order valence-electron chi connectivity index (χ2n) is 4.75. The number of imide groups is 1. The third-order valence-corrected chi connectivity index (χ3v) is 4.24. The molecule has 0 fully saturated rings. The predicted molar refractivity (Wildman–Crippen MR) is 110 cm³/mol. The van der Waals surface area contributed by atoms with Gasteiger partial charge in [-0.15, -0.1) is 11.3 Å². The summed E-state index contributed by atoms with van der Waals surface area (Å²) in [4.78, 5) is 27.6. The van der Waals surface area contributed by atoms with Crippen molar-refractivity contribution < 1.29 is 9.59 Å². The second kappa shape index (κ2) is 11.0. The molecule has 1 aromatic heterocycles. The SMILES string of the molecule is C=C(Cl)/C=C\C.Cc1csc(NC(=O)NC(=O)c2c(Cl)cccc2Cl)n1. The Hall–Kier alpha value is -1.86. The molecule has 1 heterocycles. The smallest absolute Gasteiger partial charge is 0.283 e. The van der Waals surface area contributed by atoms with Crippen molar-refractivity contribution in [1.82, 2.24) is 10.3 Å². The van der Waals surface area contributed by atoms with Crippen LogP contribution in [0.4, 0.5) is 9.93 Å². The van der Waals surface area contributed by atoms with Gasteiger partial charge in [0.15, 0.2) is 5.13 Å². The van der Waals surface area contributed by atoms with E-state index in [0.717, 1.165) is 5.69 Å². The molecule has 0 aliphatic rings. The monoisotopic (exact) mass is 431 g/mol. The molecule has 3 amide bonds. The molecule has 9 heteroatoms. The number of thiazole rings is 1. The van der Waals surface area contributed by atoms with E-state index in [0.29, 0.717) is 10.2 Å². The zero-order chi connectivity index (χ0) is 19.7. The van der Waals surface area contributed by atoms with Crippen molar-refractivity contribution in [2.45, 2.75) is 13.8 Å². The average molecular weight is 433 g/mol. The quantitative estimate of drug-likeness (QED) is 0.581. The number of hydrogen-bond donors (Lipinski definition) is 2. The van der Waals surface area contributed by atoms with Crippen LogP contribution in [0.5, 0.6) is 0 Å². The molecular formula is C17H16Cl3N3O2S. The number of benzene rings is 1. The lowest BCUT2D eigenvalue weighted by Gasteiger charge is -2.07. The summed E-state index contributed by atoms with van der Waals surface area (Å²) in [6.07, 6.45) is 3.58. The summed E-state index contributed by atoms with van der Waals surface area (Å²) in [6.45, 7) is 7.12. The minimum absolute atomic E-state index is 0.0568. The average Bonchev–Trinajstić information content (AvgIpc) is 2.92. The molecule has 0 aliphatic carbocycles. The van der Waals surface area contributed by atoms with Gasteiger partial charge in [-0.25, -0.2) is 9.78 Å². The molecule has 0 unspecified atom stereocenters. The van der Waals surface area contributed by atoms with Crippen molar-refractivity contribution in [3.63, 3.8) is 0 Å². The first-order valence-electron chi connectivity index (χ1n) is 7.20. The Bertz CT molecular complexity index is 814. The third kappa shape index (κ3) is 7.58. The Morgan fingerprint density at radius 2 is 1.88 bits per heavy atom. The van der Waals surface area contributed by atoms with E-state index in [1.807, 2.05) is 13.0 Å². The maximum absolute atomic E-state index is 11.9. The molecule has 5 nitrogen and oxygen atoms in total. The van der Waals surface area contributed by atoms with Crippen LogP contribution in [-0.4, -0.2) is 16.9 Å². The summed E-state index contributed by atoms with van der Waals surface area (Å²) in [6, 6.07) is 3.95. The summed E-state index contributed by atoms with van der Waals surface area (Å²) in [5.41, 5.74) is 0.840. The molecule has 2 N–H and O–H groups in total. The van der Waals surface area contributed by atoms with E-state index in [1.54, 1.807) is 24.4 Å². The van der Waals surface area contributed by atoms with E-state index in [-0.39, 0.29) is 15.6 Å². The lowest BCUT2D eigenvalue weighted by molar-refractivity contribution is 0.0967. The first-order chi connectivity index (χ1) is 12.2. The number of allylic oxidation sites excluding steroid dienone is 3. The first-order valence-corrected chi connectivity index (χ1v) is 9.21. The van der Waals surface area contributed by atoms with Gasteiger partial charge >= 0.3 is 6.03 Å². The van der Waals surface area contributed by atoms with Crippen molar-refractivity contribution in [2.75, 3.05) is 5.32 Å². The number of halogens is 3. The molecule has 0 aliphatic heterocycles. The molecule has 0 radical (unpaired) electrons. The highest BCUT2D eigenvalue weighted by atomic mass is 35.5. The molecule has 0 bridgehead atoms. The minimum Gasteiger partial charge on any atom is -0.283 e. The van der Waals surface area contributed by atoms with E-state index in [9.17, 15) is 9.59 Å². The maximum Gasteiger partial charge on any atom is 0.327 e. The Morgan fingerprint density at radius 3 is 2.31 bits per heavy atom. The summed E-state index contributed by atoms with van der Waals surface area (Å²) >= 11 is 18.3. The molecule has 1 aromatic carbocycles. The Labute approximate surface area is 170 Å². The van der Waals surface area contributed by atoms with Gasteiger partial charge in [0.2, 0.25) is 0 Å². The highest BCUT2D eigenvalue weighted by Crippen LogP contribution is 2.24. The maximum atomic E-state index is 11.9. The van der Waals surface area contributed by atoms with Gasteiger partial charge in [-0.05, 0) is 32.1 Å². The van der Waals surface area contributed by atoms with Crippen LogP contribution in [0.1, 0.15) is 23.0 Å². The lowest BCUT2D eigenvalue weighted by Crippen LogP contribution is -2.34. The van der Waals surface area contributed by atoms with Crippen LogP contribution in [0.3, 0.4) is 0 Å². The second-order valence-corrected chi connectivity index (χ2v) is 6.90. The molecule has 2 aromatic rings. The number of rotatable bonds is 3. The lowest BCUT2D eigenvalue weighted by atomic mass is 10.2. The number of hydrogen-bond acceptors (Lipinski definition) is 4. The standard InChI is InChI=1S/C12H9Cl2N3O2S.C5H7Cl/c1-6-5-20-12(15-6)17-11(19)16-10(18)9-7(13)3-2-4-8(9)14;1-3-4-5(2)6/h2-5H,1H3,(H2,15,16,17,18,19);3-4H,2H2,1H3/b;4-3-. The summed E-state index contributed by atoms with van der Waals surface area (Å²) < 4.78 is 0. The van der Waals surface area contributed by atoms with E-state index < -0.39 is 11.9 Å². The minimum atomic E-state index is -0.694. The zero-order valence-electron chi connectivity index (χ0n) is 14.0. The van der Waals surface area contributed by atoms with Crippen LogP contribution >= 0.6 is 46.1 Å². The molecule has 0 spiro atoms. The number of aryl methyl sites for hydroxylation is 1. The molecule has 26 heavy (non-hydrogen) atoms. The number of urea groups is 1. The van der Waals surface area contributed by atoms with Gasteiger partial charge in [0, 0.05) is 10.4 Å². The number of amides is 3. The Kier molecular flexibility index (Phi) is 9.37. The fourth-order valence-corrected chi connectivity index (χ4v) is 2.98. The van der Waals surface area contributed by atoms with Crippen molar-refractivity contribution in [3.8, 4) is 0 Å². The number of anilines is 1. The van der Waals surface area contributed by atoms with Crippen LogP contribution in [-0.2, 0) is 0 Å². The normalized spacial score (nSPS) is 10.0. The zero-order valence-corrected chi connectivity index (χ0v) is 17.1. The van der Waals surface area contributed by atoms with Crippen molar-refractivity contribution >= 4 is 63.2 Å². The van der Waals surface area contributed by atoms with Gasteiger partial charge < -0.3 is 0 Å². The van der Waals surface area contributed by atoms with Crippen LogP contribution in [0.2, 0.25) is 10.0 Å². The number of nitrogens with one attached hydrogen (secondary N) is 2. The van der Waals surface area contributed by atoms with Gasteiger partial charge in [0.1, 0.15) is 0 Å². The molecule has 138 valence electrons. The molecule has 0 saturated carbocycles. The van der Waals surface area contributed by atoms with E-state index >= 15 is 0 Å². The first kappa shape index (κ1) is 22.2. The topological polar surface area (TPSA) is 71.1 Å². The number of carbonyl (C=O) groups is 2. The fraction of sp³-hybridized carbons (Fsp3) is 0.118. The Balaban J connectivity index is 0.000000487. The van der Waals surface area contributed by atoms with Gasteiger partial charge in [0.05, 0.1) is 21.3 Å². The summed E-state index contributed by atoms with van der Waals surface area (Å²) in [5.74, 6) is -0.675. The van der Waals surface area contributed by atoms with Crippen LogP contribution < -0.4 is 10.6 Å². The highest BCUT2D eigenvalue weighted by Gasteiger charge is 2.17. The van der Waals surface area contributed by atoms with E-state index in [4.69, 9.17) is 34.8 Å². The van der Waals surface area contributed by atoms with E-state index in [2.05, 4.69) is 22.2 Å². The highest BCUT2D eigenvalue weighted by molar-refractivity contribution is 7.13. The van der Waals surface area contributed by atoms with Crippen molar-refractivity contribution in [2.24, 2.45) is 0 Å². The van der Waals surface area contributed by atoms with Crippen molar-refractivity contribution in [3.05, 3.63) is 68.6 Å². The number of carbonyl (C=O) groups excluding carboxylic acids is 2. The predicted octanol–water partition coefficient (Wildman–Crippen LogP) is 6.04. The van der Waals surface area contributed by atoms with Gasteiger partial charge in [-0.3, -0.25) is 15.4 Å². The summed E-state index contributed by atoms with van der Waals surface area (Å²) in [5, 5.41) is 7.71. The van der Waals surface area contributed by atoms with Gasteiger partial charge in [0.25, 0.3) is 5.91 Å². The third-order valence-electron chi connectivity index (χ3n) is 2.60. The molecule has 2 rings (SSSR count). The molecule has 0 atom stereocenters.